The summed E-state index contributed by atoms with van der Waals surface area (Å²) < 4.78 is 12.3. The Labute approximate surface area is 201 Å². The zero-order chi connectivity index (χ0) is 24.0. The third kappa shape index (κ3) is 5.93. The van der Waals surface area contributed by atoms with Crippen molar-refractivity contribution in [2.24, 2.45) is 0 Å². The molecule has 1 aliphatic heterocycles. The average Bonchev–Trinajstić information content (AvgIpc) is 3.28. The summed E-state index contributed by atoms with van der Waals surface area (Å²) in [6.07, 6.45) is 4.62. The molecule has 0 aromatic heterocycles. The summed E-state index contributed by atoms with van der Waals surface area (Å²) in [5.41, 5.74) is 15.7. The van der Waals surface area contributed by atoms with Crippen LogP contribution in [0.15, 0.2) is 46.9 Å². The summed E-state index contributed by atoms with van der Waals surface area (Å²) in [6.45, 7) is 1.34. The van der Waals surface area contributed by atoms with Crippen LogP contribution in [-0.2, 0) is 9.47 Å². The second-order valence-corrected chi connectivity index (χ2v) is 8.65. The highest BCUT2D eigenvalue weighted by Crippen LogP contribution is 2.38. The lowest BCUT2D eigenvalue weighted by Crippen LogP contribution is -2.31. The molecule has 6 N–H and O–H groups in total. The number of ether oxygens (including phenoxy) is 2. The summed E-state index contributed by atoms with van der Waals surface area (Å²) in [5.74, 6) is -0.750. The number of anilines is 2. The lowest BCUT2D eigenvalue weighted by Gasteiger charge is -2.30. The lowest BCUT2D eigenvalue weighted by atomic mass is 9.89. The van der Waals surface area contributed by atoms with E-state index in [0.717, 1.165) is 29.3 Å². The molecule has 0 bridgehead atoms. The van der Waals surface area contributed by atoms with Crippen molar-refractivity contribution in [3.8, 4) is 0 Å². The van der Waals surface area contributed by atoms with Crippen LogP contribution in [0.4, 0.5) is 11.4 Å². The van der Waals surface area contributed by atoms with E-state index in [1.807, 2.05) is 12.1 Å². The molecule has 4 rings (SSSR count). The van der Waals surface area contributed by atoms with Crippen LogP contribution < -0.4 is 22.1 Å². The molecule has 0 unspecified atom stereocenters. The second kappa shape index (κ2) is 10.8. The summed E-state index contributed by atoms with van der Waals surface area (Å²) in [4.78, 5) is 23.0. The number of amides is 2. The van der Waals surface area contributed by atoms with Crippen molar-refractivity contribution in [2.45, 2.75) is 25.0 Å². The van der Waals surface area contributed by atoms with E-state index in [-0.39, 0.29) is 11.8 Å². The molecule has 1 saturated heterocycles. The SMILES string of the molecule is CNC(=O)c1cc(Br)ccc1N.CNC(=O)c1cc(C2=CCC3(CC2)OCCO3)ccc1N. The van der Waals surface area contributed by atoms with Gasteiger partial charge in [-0.15, -0.1) is 0 Å². The van der Waals surface area contributed by atoms with Crippen LogP contribution in [0.3, 0.4) is 0 Å². The molecule has 0 radical (unpaired) electrons. The normalized spacial score (nSPS) is 16.4. The van der Waals surface area contributed by atoms with Gasteiger partial charge in [0.05, 0.1) is 24.3 Å². The van der Waals surface area contributed by atoms with Crippen molar-refractivity contribution >= 4 is 44.7 Å². The largest absolute Gasteiger partial charge is 0.398 e. The number of carbonyl (C=O) groups is 2. The van der Waals surface area contributed by atoms with Crippen LogP contribution in [0.5, 0.6) is 0 Å². The third-order valence-corrected chi connectivity index (χ3v) is 6.12. The van der Waals surface area contributed by atoms with E-state index in [2.05, 4.69) is 32.6 Å². The van der Waals surface area contributed by atoms with Gasteiger partial charge in [-0.2, -0.15) is 0 Å². The molecule has 2 amide bonds. The fraction of sp³-hybridized carbons (Fsp3) is 0.333. The van der Waals surface area contributed by atoms with Gasteiger partial charge in [0.2, 0.25) is 0 Å². The summed E-state index contributed by atoms with van der Waals surface area (Å²) in [7, 11) is 3.18. The Morgan fingerprint density at radius 2 is 1.52 bits per heavy atom. The van der Waals surface area contributed by atoms with Gasteiger partial charge in [-0.3, -0.25) is 9.59 Å². The smallest absolute Gasteiger partial charge is 0.253 e. The Hall–Kier alpha value is -2.88. The topological polar surface area (TPSA) is 129 Å². The maximum absolute atomic E-state index is 11.8. The number of nitrogens with one attached hydrogen (secondary N) is 2. The first-order valence-corrected chi connectivity index (χ1v) is 11.4. The molecule has 9 heteroatoms. The monoisotopic (exact) mass is 516 g/mol. The van der Waals surface area contributed by atoms with E-state index < -0.39 is 5.79 Å². The van der Waals surface area contributed by atoms with Crippen molar-refractivity contribution in [3.63, 3.8) is 0 Å². The van der Waals surface area contributed by atoms with E-state index >= 15 is 0 Å². The molecule has 33 heavy (non-hydrogen) atoms. The Morgan fingerprint density at radius 1 is 0.939 bits per heavy atom. The first-order chi connectivity index (χ1) is 15.8. The van der Waals surface area contributed by atoms with Gasteiger partial charge in [-0.25, -0.2) is 0 Å². The van der Waals surface area contributed by atoms with Crippen LogP contribution in [0.1, 0.15) is 45.5 Å². The quantitative estimate of drug-likeness (QED) is 0.463. The Bertz CT molecular complexity index is 1060. The molecule has 0 saturated carbocycles. The molecule has 0 atom stereocenters. The standard InChI is InChI=1S/C16H20N2O3.C8H9BrN2O/c1-18-15(19)13-10-12(2-3-14(13)17)11-4-6-16(7-5-11)20-8-9-21-16;1-11-8(12)6-4-5(9)2-3-7(6)10/h2-4,10H,5-9,17H2,1H3,(H,18,19);2-4H,10H2,1H3,(H,11,12). The minimum absolute atomic E-state index is 0.162. The maximum atomic E-state index is 11.8. The number of nitrogens with two attached hydrogens (primary N) is 2. The first kappa shape index (κ1) is 24.8. The van der Waals surface area contributed by atoms with Gasteiger partial charge in [0.1, 0.15) is 0 Å². The molecule has 2 aromatic carbocycles. The van der Waals surface area contributed by atoms with Crippen molar-refractivity contribution in [1.82, 2.24) is 10.6 Å². The van der Waals surface area contributed by atoms with Crippen molar-refractivity contribution in [3.05, 3.63) is 63.6 Å². The number of carbonyl (C=O) groups excluding carboxylic acids is 2. The highest BCUT2D eigenvalue weighted by molar-refractivity contribution is 9.10. The zero-order valence-corrected chi connectivity index (χ0v) is 20.3. The third-order valence-electron chi connectivity index (χ3n) is 5.63. The van der Waals surface area contributed by atoms with Gasteiger partial charge in [-0.1, -0.05) is 28.1 Å². The summed E-state index contributed by atoms with van der Waals surface area (Å²) >= 11 is 3.26. The highest BCUT2D eigenvalue weighted by Gasteiger charge is 2.37. The molecular formula is C24H29BrN4O4. The second-order valence-electron chi connectivity index (χ2n) is 7.73. The van der Waals surface area contributed by atoms with Crippen molar-refractivity contribution < 1.29 is 19.1 Å². The van der Waals surface area contributed by atoms with Gasteiger partial charge in [0.25, 0.3) is 11.8 Å². The highest BCUT2D eigenvalue weighted by atomic mass is 79.9. The number of hydrogen-bond acceptors (Lipinski definition) is 6. The number of rotatable bonds is 3. The van der Waals surface area contributed by atoms with Crippen LogP contribution in [0, 0.1) is 0 Å². The molecule has 8 nitrogen and oxygen atoms in total. The van der Waals surface area contributed by atoms with Gasteiger partial charge in [0.15, 0.2) is 5.79 Å². The lowest BCUT2D eigenvalue weighted by molar-refractivity contribution is -0.159. The average molecular weight is 517 g/mol. The maximum Gasteiger partial charge on any atom is 0.253 e. The van der Waals surface area contributed by atoms with Gasteiger partial charge >= 0.3 is 0 Å². The fourth-order valence-electron chi connectivity index (χ4n) is 3.78. The molecule has 1 aliphatic carbocycles. The van der Waals surface area contributed by atoms with Gasteiger partial charge in [-0.05, 0) is 47.9 Å². The van der Waals surface area contributed by atoms with E-state index in [4.69, 9.17) is 20.9 Å². The Kier molecular flexibility index (Phi) is 8.12. The molecule has 1 fully saturated rings. The predicted molar refractivity (Wildman–Crippen MR) is 133 cm³/mol. The summed E-state index contributed by atoms with van der Waals surface area (Å²) in [6, 6.07) is 10.8. The molecule has 176 valence electrons. The molecule has 1 spiro atoms. The number of halogens is 1. The van der Waals surface area contributed by atoms with Crippen LogP contribution in [0.25, 0.3) is 5.57 Å². The van der Waals surface area contributed by atoms with E-state index in [9.17, 15) is 9.59 Å². The van der Waals surface area contributed by atoms with Crippen molar-refractivity contribution in [1.29, 1.82) is 0 Å². The molecule has 1 heterocycles. The number of allylic oxidation sites excluding steroid dienone is 1. The minimum atomic E-state index is -0.416. The summed E-state index contributed by atoms with van der Waals surface area (Å²) in [5, 5.41) is 5.12. The Morgan fingerprint density at radius 3 is 2.06 bits per heavy atom. The number of hydrogen-bond donors (Lipinski definition) is 4. The van der Waals surface area contributed by atoms with Crippen LogP contribution in [0.2, 0.25) is 0 Å². The van der Waals surface area contributed by atoms with E-state index in [0.29, 0.717) is 35.7 Å². The van der Waals surface area contributed by atoms with Gasteiger partial charge < -0.3 is 31.6 Å². The fourth-order valence-corrected chi connectivity index (χ4v) is 4.14. The number of nitrogen functional groups attached to an aromatic ring is 2. The molecule has 2 aromatic rings. The number of benzene rings is 2. The van der Waals surface area contributed by atoms with E-state index in [1.54, 1.807) is 38.4 Å². The zero-order valence-electron chi connectivity index (χ0n) is 18.7. The van der Waals surface area contributed by atoms with Crippen molar-refractivity contribution in [2.75, 3.05) is 38.8 Å². The molecule has 2 aliphatic rings. The first-order valence-electron chi connectivity index (χ1n) is 10.6. The van der Waals surface area contributed by atoms with Crippen LogP contribution >= 0.6 is 15.9 Å². The Balaban J connectivity index is 0.000000218. The minimum Gasteiger partial charge on any atom is -0.398 e. The van der Waals surface area contributed by atoms with E-state index in [1.165, 1.54) is 5.57 Å². The molecular weight excluding hydrogens is 488 g/mol. The van der Waals surface area contributed by atoms with Crippen LogP contribution in [-0.4, -0.2) is 44.9 Å². The van der Waals surface area contributed by atoms with Gasteiger partial charge in [0, 0.05) is 42.8 Å². The predicted octanol–water partition coefficient (Wildman–Crippen LogP) is 3.33.